The average molecular weight is 219 g/mol. The molecule has 0 amide bonds. The summed E-state index contributed by atoms with van der Waals surface area (Å²) in [5, 5.41) is 10.4. The molecule has 1 aromatic carbocycles. The summed E-state index contributed by atoms with van der Waals surface area (Å²) >= 11 is 1.63. The third kappa shape index (κ3) is 2.27. The van der Waals surface area contributed by atoms with Crippen molar-refractivity contribution in [1.82, 2.24) is 0 Å². The van der Waals surface area contributed by atoms with E-state index in [4.69, 9.17) is 4.55 Å². The van der Waals surface area contributed by atoms with E-state index in [1.54, 1.807) is 0 Å². The van der Waals surface area contributed by atoms with Crippen molar-refractivity contribution in [2.24, 2.45) is 0 Å². The van der Waals surface area contributed by atoms with Crippen molar-refractivity contribution in [3.8, 4) is 0 Å². The lowest BCUT2D eigenvalue weighted by Gasteiger charge is -1.97. The standard InChI is InChI=1S/C6H5NO4S2/c8-7(9)5-3-4(13(10)11)1-2-6(5)12/h1-3,12H,(H,10,11). The van der Waals surface area contributed by atoms with Gasteiger partial charge in [0.25, 0.3) is 5.69 Å². The molecule has 0 aliphatic carbocycles. The van der Waals surface area contributed by atoms with Crippen LogP contribution in [0, 0.1) is 10.1 Å². The van der Waals surface area contributed by atoms with E-state index in [9.17, 15) is 14.3 Å². The highest BCUT2D eigenvalue weighted by Gasteiger charge is 2.13. The molecule has 0 spiro atoms. The van der Waals surface area contributed by atoms with Gasteiger partial charge in [0.2, 0.25) is 0 Å². The highest BCUT2D eigenvalue weighted by Crippen LogP contribution is 2.24. The normalized spacial score (nSPS) is 12.5. The van der Waals surface area contributed by atoms with Crippen LogP contribution in [-0.4, -0.2) is 13.7 Å². The fourth-order valence-corrected chi connectivity index (χ4v) is 1.38. The number of rotatable bonds is 2. The Bertz CT molecular complexity index is 379. The number of nitro groups is 1. The molecule has 0 heterocycles. The number of hydrogen-bond acceptors (Lipinski definition) is 4. The Morgan fingerprint density at radius 1 is 1.54 bits per heavy atom. The van der Waals surface area contributed by atoms with E-state index in [0.29, 0.717) is 0 Å². The second kappa shape index (κ2) is 3.86. The summed E-state index contributed by atoms with van der Waals surface area (Å²) < 4.78 is 19.2. The Morgan fingerprint density at radius 2 is 2.15 bits per heavy atom. The van der Waals surface area contributed by atoms with Gasteiger partial charge in [-0.3, -0.25) is 10.1 Å². The van der Waals surface area contributed by atoms with Gasteiger partial charge in [0.05, 0.1) is 14.7 Å². The average Bonchev–Trinajstić information content (AvgIpc) is 2.04. The maximum atomic E-state index is 10.6. The summed E-state index contributed by atoms with van der Waals surface area (Å²) in [5.41, 5.74) is -0.275. The largest absolute Gasteiger partial charge is 0.302 e. The van der Waals surface area contributed by atoms with Gasteiger partial charge in [-0.1, -0.05) is 0 Å². The molecule has 0 aliphatic rings. The fraction of sp³-hybridized carbons (Fsp3) is 0. The van der Waals surface area contributed by atoms with Gasteiger partial charge in [-0.15, -0.1) is 12.6 Å². The molecule has 0 saturated heterocycles. The maximum Gasteiger partial charge on any atom is 0.283 e. The van der Waals surface area contributed by atoms with Gasteiger partial charge in [0.1, 0.15) is 0 Å². The van der Waals surface area contributed by atoms with E-state index in [1.807, 2.05) is 0 Å². The lowest BCUT2D eigenvalue weighted by Crippen LogP contribution is -1.93. The van der Waals surface area contributed by atoms with Gasteiger partial charge >= 0.3 is 0 Å². The second-order valence-electron chi connectivity index (χ2n) is 2.16. The first-order valence-electron chi connectivity index (χ1n) is 3.10. The van der Waals surface area contributed by atoms with Crippen LogP contribution < -0.4 is 0 Å². The number of benzene rings is 1. The van der Waals surface area contributed by atoms with Crippen molar-refractivity contribution in [2.75, 3.05) is 0 Å². The predicted octanol–water partition coefficient (Wildman–Crippen LogP) is 1.46. The SMILES string of the molecule is O=[N+]([O-])c1cc(S(=O)O)ccc1S. The van der Waals surface area contributed by atoms with Crippen molar-refractivity contribution in [1.29, 1.82) is 0 Å². The first kappa shape index (κ1) is 10.2. The summed E-state index contributed by atoms with van der Waals surface area (Å²) in [6, 6.07) is 3.65. The number of hydrogen-bond donors (Lipinski definition) is 2. The Morgan fingerprint density at radius 3 is 2.62 bits per heavy atom. The van der Waals surface area contributed by atoms with Gasteiger partial charge in [0, 0.05) is 6.07 Å². The van der Waals surface area contributed by atoms with E-state index < -0.39 is 16.0 Å². The minimum atomic E-state index is -2.20. The van der Waals surface area contributed by atoms with Crippen molar-refractivity contribution < 1.29 is 13.7 Å². The fourth-order valence-electron chi connectivity index (χ4n) is 0.758. The van der Waals surface area contributed by atoms with E-state index in [-0.39, 0.29) is 15.5 Å². The molecule has 5 nitrogen and oxygen atoms in total. The zero-order valence-electron chi connectivity index (χ0n) is 6.21. The number of nitrogens with zero attached hydrogens (tertiary/aromatic N) is 1. The third-order valence-corrected chi connectivity index (χ3v) is 2.38. The summed E-state index contributed by atoms with van der Waals surface area (Å²) in [6.07, 6.45) is 0. The van der Waals surface area contributed by atoms with Gasteiger partial charge in [0.15, 0.2) is 11.1 Å². The molecule has 1 N–H and O–H groups in total. The Kier molecular flexibility index (Phi) is 3.02. The summed E-state index contributed by atoms with van der Waals surface area (Å²) in [4.78, 5) is 9.87. The quantitative estimate of drug-likeness (QED) is 0.341. The summed E-state index contributed by atoms with van der Waals surface area (Å²) in [6.45, 7) is 0. The highest BCUT2D eigenvalue weighted by atomic mass is 32.2. The molecule has 0 radical (unpaired) electrons. The van der Waals surface area contributed by atoms with Crippen molar-refractivity contribution >= 4 is 29.4 Å². The van der Waals surface area contributed by atoms with E-state index >= 15 is 0 Å². The maximum absolute atomic E-state index is 10.6. The Labute approximate surface area is 81.6 Å². The number of nitro benzene ring substituents is 1. The van der Waals surface area contributed by atoms with Gasteiger partial charge in [-0.2, -0.15) is 0 Å². The van der Waals surface area contributed by atoms with Crippen LogP contribution in [0.25, 0.3) is 0 Å². The van der Waals surface area contributed by atoms with Crippen molar-refractivity contribution in [3.05, 3.63) is 28.3 Å². The van der Waals surface area contributed by atoms with E-state index in [2.05, 4.69) is 12.6 Å². The van der Waals surface area contributed by atoms with Gasteiger partial charge in [-0.25, -0.2) is 4.21 Å². The first-order valence-corrected chi connectivity index (χ1v) is 4.66. The molecule has 0 aliphatic heterocycles. The molecule has 0 aromatic heterocycles. The molecule has 1 aromatic rings. The monoisotopic (exact) mass is 219 g/mol. The Balaban J connectivity index is 3.27. The van der Waals surface area contributed by atoms with Crippen LogP contribution in [0.15, 0.2) is 28.0 Å². The molecule has 1 unspecified atom stereocenters. The minimum absolute atomic E-state index is 0.00972. The van der Waals surface area contributed by atoms with Crippen molar-refractivity contribution in [2.45, 2.75) is 9.79 Å². The van der Waals surface area contributed by atoms with Crippen LogP contribution in [0.4, 0.5) is 5.69 Å². The zero-order valence-corrected chi connectivity index (χ0v) is 7.92. The highest BCUT2D eigenvalue weighted by molar-refractivity contribution is 7.80. The van der Waals surface area contributed by atoms with E-state index in [0.717, 1.165) is 6.07 Å². The van der Waals surface area contributed by atoms with Crippen LogP contribution >= 0.6 is 12.6 Å². The molecule has 1 atom stereocenters. The molecule has 70 valence electrons. The topological polar surface area (TPSA) is 80.4 Å². The van der Waals surface area contributed by atoms with Gasteiger partial charge < -0.3 is 4.55 Å². The van der Waals surface area contributed by atoms with Gasteiger partial charge in [-0.05, 0) is 12.1 Å². The molecule has 0 saturated carbocycles. The van der Waals surface area contributed by atoms with Crippen LogP contribution in [0.1, 0.15) is 0 Å². The molecular formula is C6H5NO4S2. The van der Waals surface area contributed by atoms with E-state index in [1.165, 1.54) is 12.1 Å². The molecular weight excluding hydrogens is 214 g/mol. The smallest absolute Gasteiger partial charge is 0.283 e. The molecule has 1 rings (SSSR count). The zero-order chi connectivity index (χ0) is 10.0. The second-order valence-corrected chi connectivity index (χ2v) is 3.61. The minimum Gasteiger partial charge on any atom is -0.302 e. The molecule has 0 bridgehead atoms. The van der Waals surface area contributed by atoms with Crippen molar-refractivity contribution in [3.63, 3.8) is 0 Å². The summed E-state index contributed by atoms with van der Waals surface area (Å²) in [5.74, 6) is 0. The molecule has 13 heavy (non-hydrogen) atoms. The molecule has 7 heteroatoms. The first-order chi connectivity index (χ1) is 6.02. The van der Waals surface area contributed by atoms with Crippen LogP contribution in [0.2, 0.25) is 0 Å². The molecule has 0 fully saturated rings. The third-order valence-electron chi connectivity index (χ3n) is 1.35. The predicted molar refractivity (Wildman–Crippen MR) is 49.4 cm³/mol. The number of thiol groups is 1. The lowest BCUT2D eigenvalue weighted by atomic mass is 10.3. The van der Waals surface area contributed by atoms with Crippen LogP contribution in [0.5, 0.6) is 0 Å². The Hall–Kier alpha value is -0.920. The summed E-state index contributed by atoms with van der Waals surface area (Å²) in [7, 11) is 0. The van der Waals surface area contributed by atoms with Crippen LogP contribution in [-0.2, 0) is 11.1 Å². The lowest BCUT2D eigenvalue weighted by molar-refractivity contribution is -0.387. The van der Waals surface area contributed by atoms with Crippen LogP contribution in [0.3, 0.4) is 0 Å².